The number of methoxy groups -OCH3 is 1. The van der Waals surface area contributed by atoms with E-state index in [1.54, 1.807) is 13.0 Å². The summed E-state index contributed by atoms with van der Waals surface area (Å²) in [6, 6.07) is 0.0332. The lowest BCUT2D eigenvalue weighted by molar-refractivity contribution is -0.137. The van der Waals surface area contributed by atoms with E-state index in [4.69, 9.17) is 25.1 Å². The molecule has 4 aliphatic rings. The largest absolute Gasteiger partial charge is 0.485 e. The Bertz CT molecular complexity index is 877. The van der Waals surface area contributed by atoms with Crippen LogP contribution in [0.15, 0.2) is 34.8 Å². The van der Waals surface area contributed by atoms with Gasteiger partial charge in [0.05, 0.1) is 24.3 Å². The van der Waals surface area contributed by atoms with Gasteiger partial charge in [-0.05, 0) is 13.0 Å². The third-order valence-corrected chi connectivity index (χ3v) is 5.97. The highest BCUT2D eigenvalue weighted by atomic mass is 16.6. The Morgan fingerprint density at radius 3 is 2.79 bits per heavy atom. The molecule has 4 N–H and O–H groups in total. The topological polar surface area (TPSA) is 150 Å². The summed E-state index contributed by atoms with van der Waals surface area (Å²) in [6.45, 7) is 1.73. The first-order valence-corrected chi connectivity index (χ1v) is 9.32. The average Bonchev–Trinajstić information content (AvgIpc) is 3.30. The van der Waals surface area contributed by atoms with Crippen LogP contribution in [0.3, 0.4) is 0 Å². The monoisotopic (exact) mass is 405 g/mol. The highest BCUT2D eigenvalue weighted by Crippen LogP contribution is 2.55. The van der Waals surface area contributed by atoms with Gasteiger partial charge < -0.3 is 35.3 Å². The van der Waals surface area contributed by atoms with Crippen LogP contribution in [-0.4, -0.2) is 79.0 Å². The number of ether oxygens (including phenoxy) is 3. The molecule has 3 unspecified atom stereocenters. The number of fused-ring (bicyclic) bond motifs is 4. The normalized spacial score (nSPS) is 32.7. The number of Topliss-reactive ketones (excluding diaryl/α,β-unsaturated/α-hetero) is 2. The highest BCUT2D eigenvalue weighted by molar-refractivity contribution is 6.25. The minimum atomic E-state index is -1.01. The van der Waals surface area contributed by atoms with E-state index in [2.05, 4.69) is 5.32 Å². The minimum Gasteiger partial charge on any atom is -0.485 e. The number of primary amides is 1. The van der Waals surface area contributed by atoms with Crippen LogP contribution in [0.5, 0.6) is 0 Å². The first-order chi connectivity index (χ1) is 13.9. The Morgan fingerprint density at radius 2 is 2.14 bits per heavy atom. The van der Waals surface area contributed by atoms with Crippen LogP contribution in [0.4, 0.5) is 4.79 Å². The molecule has 0 aromatic carbocycles. The molecule has 4 rings (SSSR count). The second-order valence-electron chi connectivity index (χ2n) is 7.34. The number of rotatable bonds is 7. The number of aliphatic hydroxyl groups excluding tert-OH is 1. The van der Waals surface area contributed by atoms with E-state index in [1.807, 2.05) is 4.90 Å². The summed E-state index contributed by atoms with van der Waals surface area (Å²) in [5.41, 5.74) is 4.84. The summed E-state index contributed by atoms with van der Waals surface area (Å²) in [6.07, 6.45) is 2.06. The number of ketones is 2. The van der Waals surface area contributed by atoms with Crippen molar-refractivity contribution in [3.8, 4) is 0 Å². The van der Waals surface area contributed by atoms with Crippen molar-refractivity contribution in [3.63, 3.8) is 0 Å². The third-order valence-electron chi connectivity index (χ3n) is 5.97. The molecule has 10 nitrogen and oxygen atoms in total. The van der Waals surface area contributed by atoms with Gasteiger partial charge in [-0.15, -0.1) is 0 Å². The first kappa shape index (κ1) is 19.6. The molecule has 29 heavy (non-hydrogen) atoms. The Hall–Kier alpha value is -2.69. The summed E-state index contributed by atoms with van der Waals surface area (Å²) in [5, 5.41) is 12.1. The van der Waals surface area contributed by atoms with E-state index in [0.29, 0.717) is 6.54 Å². The molecule has 0 aromatic heterocycles. The fourth-order valence-electron chi connectivity index (χ4n) is 4.72. The molecule has 0 spiro atoms. The van der Waals surface area contributed by atoms with Crippen LogP contribution in [0.25, 0.3) is 0 Å². The van der Waals surface area contributed by atoms with Crippen molar-refractivity contribution >= 4 is 17.7 Å². The van der Waals surface area contributed by atoms with Crippen molar-refractivity contribution in [1.82, 2.24) is 10.2 Å². The predicted molar refractivity (Wildman–Crippen MR) is 98.1 cm³/mol. The van der Waals surface area contributed by atoms with Gasteiger partial charge in [0.15, 0.2) is 11.5 Å². The Kier molecular flexibility index (Phi) is 4.72. The number of amides is 1. The van der Waals surface area contributed by atoms with E-state index in [0.717, 1.165) is 0 Å². The number of hydrogen-bond donors (Lipinski definition) is 3. The number of nitrogens with two attached hydrogens (primary N) is 1. The molecule has 0 bridgehead atoms. The van der Waals surface area contributed by atoms with Gasteiger partial charge in [0.1, 0.15) is 13.2 Å². The molecule has 2 saturated heterocycles. The molecule has 1 amide bonds. The third kappa shape index (κ3) is 2.70. The second-order valence-corrected chi connectivity index (χ2v) is 7.34. The zero-order valence-corrected chi connectivity index (χ0v) is 16.1. The molecule has 0 saturated carbocycles. The Balaban J connectivity index is 1.72. The van der Waals surface area contributed by atoms with Crippen LogP contribution in [-0.2, 0) is 23.8 Å². The van der Waals surface area contributed by atoms with Gasteiger partial charge in [0.25, 0.3) is 0 Å². The summed E-state index contributed by atoms with van der Waals surface area (Å²) >= 11 is 0. The lowest BCUT2D eigenvalue weighted by atomic mass is 9.83. The van der Waals surface area contributed by atoms with Crippen molar-refractivity contribution < 1.29 is 33.7 Å². The lowest BCUT2D eigenvalue weighted by Gasteiger charge is -2.39. The van der Waals surface area contributed by atoms with Crippen molar-refractivity contribution in [3.05, 3.63) is 34.8 Å². The number of carbonyl (C=O) groups excluding carboxylic acids is 3. The highest BCUT2D eigenvalue weighted by Gasteiger charge is 2.72. The van der Waals surface area contributed by atoms with Gasteiger partial charge >= 0.3 is 6.09 Å². The number of nitrogens with zero attached hydrogens (tertiary/aromatic N) is 1. The summed E-state index contributed by atoms with van der Waals surface area (Å²) in [4.78, 5) is 39.6. The zero-order chi connectivity index (χ0) is 20.9. The fourth-order valence-corrected chi connectivity index (χ4v) is 4.72. The minimum absolute atomic E-state index is 0.0305. The van der Waals surface area contributed by atoms with Gasteiger partial charge in [-0.3, -0.25) is 9.59 Å². The van der Waals surface area contributed by atoms with E-state index in [9.17, 15) is 14.4 Å². The number of carbonyl (C=O) groups is 3. The van der Waals surface area contributed by atoms with Gasteiger partial charge in [0.2, 0.25) is 11.6 Å². The van der Waals surface area contributed by atoms with E-state index in [1.165, 1.54) is 13.2 Å². The standard InChI is InChI=1S/C19H23N3O7/c1-9-14(24)13-12(15(25)16(9)28-6-4-3-5-23)10(8-29-18(20)26)19(27-2)17-11(21-17)7-22(13)19/h3-4,10-11,17,21,23H,5-8H2,1-2H3,(H2,20,26)/b4-3+/t10?,11?,17?,19-/m1/s1. The molecule has 2 fully saturated rings. The van der Waals surface area contributed by atoms with Crippen molar-refractivity contribution in [2.45, 2.75) is 24.7 Å². The van der Waals surface area contributed by atoms with Crippen molar-refractivity contribution in [2.24, 2.45) is 11.7 Å². The molecule has 156 valence electrons. The average molecular weight is 405 g/mol. The number of aliphatic hydroxyl groups is 1. The van der Waals surface area contributed by atoms with Gasteiger partial charge in [0, 0.05) is 30.8 Å². The fraction of sp³-hybridized carbons (Fsp3) is 0.526. The van der Waals surface area contributed by atoms with Crippen molar-refractivity contribution in [1.29, 1.82) is 0 Å². The van der Waals surface area contributed by atoms with E-state index >= 15 is 0 Å². The lowest BCUT2D eigenvalue weighted by Crippen LogP contribution is -2.55. The smallest absolute Gasteiger partial charge is 0.404 e. The Labute approximate surface area is 166 Å². The maximum atomic E-state index is 13.4. The molecular weight excluding hydrogens is 382 g/mol. The number of nitrogens with one attached hydrogen (secondary N) is 1. The quantitative estimate of drug-likeness (QED) is 0.274. The first-order valence-electron chi connectivity index (χ1n) is 9.32. The number of piperazine rings is 1. The molecule has 0 radical (unpaired) electrons. The number of hydrogen-bond acceptors (Lipinski definition) is 9. The zero-order valence-electron chi connectivity index (χ0n) is 16.1. The van der Waals surface area contributed by atoms with Crippen LogP contribution >= 0.6 is 0 Å². The summed E-state index contributed by atoms with van der Waals surface area (Å²) in [7, 11) is 1.51. The molecule has 3 aliphatic heterocycles. The van der Waals surface area contributed by atoms with Gasteiger partial charge in [-0.25, -0.2) is 4.79 Å². The SMILES string of the molecule is CO[C@@]12C(COC(N)=O)C3=C(C(=O)C(C)=C(OC/C=C/CO)C3=O)N1CC1NC12. The van der Waals surface area contributed by atoms with Crippen LogP contribution in [0.2, 0.25) is 0 Å². The summed E-state index contributed by atoms with van der Waals surface area (Å²) in [5.74, 6) is -1.50. The number of allylic oxidation sites excluding steroid dienone is 2. The van der Waals surface area contributed by atoms with E-state index in [-0.39, 0.29) is 60.3 Å². The van der Waals surface area contributed by atoms with Gasteiger partial charge in [-0.2, -0.15) is 0 Å². The Morgan fingerprint density at radius 1 is 1.38 bits per heavy atom. The van der Waals surface area contributed by atoms with Gasteiger partial charge in [-0.1, -0.05) is 6.08 Å². The molecule has 1 aliphatic carbocycles. The van der Waals surface area contributed by atoms with Crippen LogP contribution < -0.4 is 11.1 Å². The maximum absolute atomic E-state index is 13.4. The molecule has 3 heterocycles. The second kappa shape index (κ2) is 6.97. The van der Waals surface area contributed by atoms with E-state index < -0.39 is 23.5 Å². The molecular formula is C19H23N3O7. The maximum Gasteiger partial charge on any atom is 0.404 e. The predicted octanol–water partition coefficient (Wildman–Crippen LogP) is -1.04. The molecule has 4 atom stereocenters. The molecule has 0 aromatic rings. The van der Waals surface area contributed by atoms with Crippen LogP contribution in [0, 0.1) is 5.92 Å². The van der Waals surface area contributed by atoms with Crippen LogP contribution in [0.1, 0.15) is 6.92 Å². The molecule has 10 heteroatoms. The van der Waals surface area contributed by atoms with Crippen molar-refractivity contribution in [2.75, 3.05) is 33.5 Å². The summed E-state index contributed by atoms with van der Waals surface area (Å²) < 4.78 is 16.5.